The van der Waals surface area contributed by atoms with Gasteiger partial charge in [-0.2, -0.15) is 0 Å². The molecule has 3 aromatic rings. The van der Waals surface area contributed by atoms with Crippen LogP contribution >= 0.6 is 0 Å². The van der Waals surface area contributed by atoms with E-state index in [1.54, 1.807) is 0 Å². The Balaban J connectivity index is 1.37. The van der Waals surface area contributed by atoms with Gasteiger partial charge in [0.25, 0.3) is 5.91 Å². The van der Waals surface area contributed by atoms with Crippen molar-refractivity contribution in [1.82, 2.24) is 19.7 Å². The number of hydrogen-bond donors (Lipinski definition) is 0. The molecule has 2 aromatic carbocycles. The van der Waals surface area contributed by atoms with Crippen LogP contribution in [-0.4, -0.2) is 77.8 Å². The van der Waals surface area contributed by atoms with Gasteiger partial charge in [-0.1, -0.05) is 48.5 Å². The van der Waals surface area contributed by atoms with E-state index in [1.807, 2.05) is 70.5 Å². The van der Waals surface area contributed by atoms with E-state index < -0.39 is 0 Å². The number of likely N-dealkylation sites (N-methyl/N-ethyl adjacent to an activating group) is 1. The Hall–Kier alpha value is -3.25. The average molecular weight is 443 g/mol. The fraction of sp³-hybridized carbons (Fsp3) is 0.370. The predicted molar refractivity (Wildman–Crippen MR) is 129 cm³/mol. The Bertz CT molecular complexity index is 1160. The number of aromatic nitrogens is 1. The molecule has 2 amide bonds. The Morgan fingerprint density at radius 2 is 1.64 bits per heavy atom. The second-order valence-corrected chi connectivity index (χ2v) is 9.20. The number of nitrogens with zero attached hydrogens (tertiary/aromatic N) is 4. The van der Waals surface area contributed by atoms with Gasteiger partial charge in [-0.25, -0.2) is 0 Å². The molecule has 1 aromatic heterocycles. The summed E-state index contributed by atoms with van der Waals surface area (Å²) in [5, 5.41) is 0.903. The third kappa shape index (κ3) is 4.62. The summed E-state index contributed by atoms with van der Waals surface area (Å²) in [4.78, 5) is 37.4. The van der Waals surface area contributed by atoms with Crippen LogP contribution in [0.2, 0.25) is 0 Å². The first kappa shape index (κ1) is 21.6. The van der Waals surface area contributed by atoms with Crippen LogP contribution in [0.1, 0.15) is 34.0 Å². The molecule has 6 nitrogen and oxygen atoms in total. The molecule has 2 aliphatic rings. The molecule has 0 spiro atoms. The third-order valence-corrected chi connectivity index (χ3v) is 6.91. The van der Waals surface area contributed by atoms with E-state index in [4.69, 9.17) is 4.98 Å². The number of carbonyl (C=O) groups excluding carboxylic acids is 2. The van der Waals surface area contributed by atoms with Crippen molar-refractivity contribution < 1.29 is 9.59 Å². The van der Waals surface area contributed by atoms with Crippen molar-refractivity contribution >= 4 is 22.7 Å². The molecule has 0 bridgehead atoms. The van der Waals surface area contributed by atoms with Crippen LogP contribution in [0.4, 0.5) is 0 Å². The van der Waals surface area contributed by atoms with Crippen molar-refractivity contribution in [3.05, 3.63) is 77.5 Å². The van der Waals surface area contributed by atoms with Crippen LogP contribution in [0, 0.1) is 0 Å². The summed E-state index contributed by atoms with van der Waals surface area (Å²) in [6, 6.07) is 19.8. The minimum atomic E-state index is 0.0814. The van der Waals surface area contributed by atoms with Gasteiger partial charge in [0.2, 0.25) is 5.91 Å². The average Bonchev–Trinajstić information content (AvgIpc) is 3.35. The highest BCUT2D eigenvalue weighted by atomic mass is 16.2. The number of likely N-dealkylation sites (tertiary alicyclic amines) is 1. The van der Waals surface area contributed by atoms with Crippen molar-refractivity contribution in [3.63, 3.8) is 0 Å². The Kier molecular flexibility index (Phi) is 6.09. The van der Waals surface area contributed by atoms with Gasteiger partial charge in [0.05, 0.1) is 17.5 Å². The lowest BCUT2D eigenvalue weighted by molar-refractivity contribution is -0.129. The SMILES string of the molecule is CN1CCN(C(=O)c2cc([C@H]3CCN(C(=O)Cc4ccccc4)C3)nc3ccccc23)CC1. The zero-order valence-electron chi connectivity index (χ0n) is 19.1. The number of fused-ring (bicyclic) bond motifs is 1. The molecule has 0 N–H and O–H groups in total. The monoisotopic (exact) mass is 442 g/mol. The van der Waals surface area contributed by atoms with E-state index in [0.717, 1.165) is 66.9 Å². The van der Waals surface area contributed by atoms with E-state index in [0.29, 0.717) is 13.0 Å². The zero-order chi connectivity index (χ0) is 22.8. The number of carbonyl (C=O) groups is 2. The normalized spacial score (nSPS) is 19.2. The van der Waals surface area contributed by atoms with Crippen molar-refractivity contribution in [2.45, 2.75) is 18.8 Å². The van der Waals surface area contributed by atoms with E-state index >= 15 is 0 Å². The fourth-order valence-electron chi connectivity index (χ4n) is 4.87. The third-order valence-electron chi connectivity index (χ3n) is 6.91. The van der Waals surface area contributed by atoms with Crippen molar-refractivity contribution in [2.75, 3.05) is 46.3 Å². The van der Waals surface area contributed by atoms with Crippen LogP contribution in [0.5, 0.6) is 0 Å². The number of piperazine rings is 1. The molecule has 2 fully saturated rings. The van der Waals surface area contributed by atoms with Gasteiger partial charge in [-0.15, -0.1) is 0 Å². The van der Waals surface area contributed by atoms with Crippen LogP contribution in [0.3, 0.4) is 0 Å². The van der Waals surface area contributed by atoms with E-state index in [2.05, 4.69) is 11.9 Å². The van der Waals surface area contributed by atoms with E-state index in [-0.39, 0.29) is 17.7 Å². The summed E-state index contributed by atoms with van der Waals surface area (Å²) in [6.45, 7) is 4.65. The minimum Gasteiger partial charge on any atom is -0.342 e. The summed E-state index contributed by atoms with van der Waals surface area (Å²) in [7, 11) is 2.09. The zero-order valence-corrected chi connectivity index (χ0v) is 19.1. The first-order valence-corrected chi connectivity index (χ1v) is 11.8. The summed E-state index contributed by atoms with van der Waals surface area (Å²) in [6.07, 6.45) is 1.29. The summed E-state index contributed by atoms with van der Waals surface area (Å²) < 4.78 is 0. The maximum Gasteiger partial charge on any atom is 0.254 e. The number of amides is 2. The van der Waals surface area contributed by atoms with Crippen LogP contribution in [-0.2, 0) is 11.2 Å². The lowest BCUT2D eigenvalue weighted by Gasteiger charge is -2.32. The molecule has 33 heavy (non-hydrogen) atoms. The molecule has 5 rings (SSSR count). The maximum atomic E-state index is 13.5. The fourth-order valence-corrected chi connectivity index (χ4v) is 4.87. The van der Waals surface area contributed by atoms with Crippen molar-refractivity contribution in [1.29, 1.82) is 0 Å². The maximum absolute atomic E-state index is 13.5. The molecule has 1 atom stereocenters. The second-order valence-electron chi connectivity index (χ2n) is 9.20. The Morgan fingerprint density at radius 1 is 0.909 bits per heavy atom. The molecule has 2 aliphatic heterocycles. The topological polar surface area (TPSA) is 56.8 Å². The van der Waals surface area contributed by atoms with Crippen molar-refractivity contribution in [2.24, 2.45) is 0 Å². The molecule has 2 saturated heterocycles. The summed E-state index contributed by atoms with van der Waals surface area (Å²) >= 11 is 0. The quantitative estimate of drug-likeness (QED) is 0.623. The molecular formula is C27H30N4O2. The van der Waals surface area contributed by atoms with E-state index in [9.17, 15) is 9.59 Å². The van der Waals surface area contributed by atoms with Gasteiger partial charge in [0, 0.05) is 56.3 Å². The first-order chi connectivity index (χ1) is 16.1. The molecule has 170 valence electrons. The summed E-state index contributed by atoms with van der Waals surface area (Å²) in [5.74, 6) is 0.379. The Morgan fingerprint density at radius 3 is 2.42 bits per heavy atom. The van der Waals surface area contributed by atoms with Crippen LogP contribution in [0.25, 0.3) is 10.9 Å². The molecule has 6 heteroatoms. The minimum absolute atomic E-state index is 0.0814. The lowest BCUT2D eigenvalue weighted by Crippen LogP contribution is -2.47. The standard InChI is InChI=1S/C27H30N4O2/c1-29-13-15-30(16-14-29)27(33)23-18-25(28-24-10-6-5-9-22(23)24)21-11-12-31(19-21)26(32)17-20-7-3-2-4-8-20/h2-10,18,21H,11-17,19H2,1H3/t21-/m0/s1. The highest BCUT2D eigenvalue weighted by Crippen LogP contribution is 2.30. The lowest BCUT2D eigenvalue weighted by atomic mass is 9.98. The molecule has 0 saturated carbocycles. The summed E-state index contributed by atoms with van der Waals surface area (Å²) in [5.41, 5.74) is 3.53. The molecule has 0 radical (unpaired) electrons. The van der Waals surface area contributed by atoms with Crippen LogP contribution in [0.15, 0.2) is 60.7 Å². The van der Waals surface area contributed by atoms with Gasteiger partial charge in [0.15, 0.2) is 0 Å². The molecule has 0 unspecified atom stereocenters. The Labute approximate surface area is 194 Å². The highest BCUT2D eigenvalue weighted by molar-refractivity contribution is 6.06. The van der Waals surface area contributed by atoms with Gasteiger partial charge in [0.1, 0.15) is 0 Å². The van der Waals surface area contributed by atoms with Gasteiger partial charge < -0.3 is 14.7 Å². The molecule has 3 heterocycles. The first-order valence-electron chi connectivity index (χ1n) is 11.8. The smallest absolute Gasteiger partial charge is 0.254 e. The number of benzene rings is 2. The number of hydrogen-bond acceptors (Lipinski definition) is 4. The van der Waals surface area contributed by atoms with Gasteiger partial charge in [-0.3, -0.25) is 14.6 Å². The number of para-hydroxylation sites is 1. The van der Waals surface area contributed by atoms with Crippen LogP contribution < -0.4 is 0 Å². The predicted octanol–water partition coefficient (Wildman–Crippen LogP) is 3.18. The highest BCUT2D eigenvalue weighted by Gasteiger charge is 2.30. The molecule has 0 aliphatic carbocycles. The second kappa shape index (κ2) is 9.32. The molecular weight excluding hydrogens is 412 g/mol. The largest absolute Gasteiger partial charge is 0.342 e. The number of rotatable bonds is 4. The van der Waals surface area contributed by atoms with Crippen molar-refractivity contribution in [3.8, 4) is 0 Å². The van der Waals surface area contributed by atoms with Gasteiger partial charge >= 0.3 is 0 Å². The van der Waals surface area contributed by atoms with Gasteiger partial charge in [-0.05, 0) is 31.2 Å². The number of pyridine rings is 1. The van der Waals surface area contributed by atoms with E-state index in [1.165, 1.54) is 0 Å².